The van der Waals surface area contributed by atoms with Crippen molar-refractivity contribution in [2.45, 2.75) is 31.3 Å². The molecule has 0 aromatic heterocycles. The van der Waals surface area contributed by atoms with E-state index < -0.39 is 42.8 Å². The number of amides is 1. The van der Waals surface area contributed by atoms with Crippen molar-refractivity contribution < 1.29 is 29.6 Å². The third-order valence-corrected chi connectivity index (χ3v) is 2.09. The molecule has 0 radical (unpaired) electrons. The summed E-state index contributed by atoms with van der Waals surface area (Å²) in [6, 6.07) is -1.35. The van der Waals surface area contributed by atoms with Crippen LogP contribution < -0.4 is 5.32 Å². The lowest BCUT2D eigenvalue weighted by Crippen LogP contribution is -2.53. The molecule has 0 aromatic carbocycles. The Balaban J connectivity index is 2.81. The molecule has 1 rings (SSSR count). The number of rotatable bonds is 1. The zero-order chi connectivity index (χ0) is 11.6. The van der Waals surface area contributed by atoms with Gasteiger partial charge in [-0.1, -0.05) is 0 Å². The van der Waals surface area contributed by atoms with Crippen molar-refractivity contribution in [3.63, 3.8) is 0 Å². The zero-order valence-corrected chi connectivity index (χ0v) is 8.08. The van der Waals surface area contributed by atoms with E-state index in [9.17, 15) is 24.9 Å². The SMILES string of the molecule is CC(=O)N[C@H]1C(=O)OC[C@@H](O)[C@@H](O)[C@@H]1O. The van der Waals surface area contributed by atoms with Gasteiger partial charge >= 0.3 is 5.97 Å². The fourth-order valence-corrected chi connectivity index (χ4v) is 1.28. The number of ether oxygens (including phenoxy) is 1. The van der Waals surface area contributed by atoms with Gasteiger partial charge in [0.25, 0.3) is 0 Å². The maximum atomic E-state index is 11.2. The standard InChI is InChI=1S/C8H13NO6/c1-3(10)9-5-7(13)6(12)4(11)2-15-8(5)14/h4-7,11-13H,2H2,1H3,(H,9,10)/t4-,5-,6-,7-/m1/s1. The summed E-state index contributed by atoms with van der Waals surface area (Å²) in [6.45, 7) is 0.751. The van der Waals surface area contributed by atoms with Crippen LogP contribution in [0, 0.1) is 0 Å². The quantitative estimate of drug-likeness (QED) is 0.352. The van der Waals surface area contributed by atoms with Crippen molar-refractivity contribution in [1.29, 1.82) is 0 Å². The molecule has 15 heavy (non-hydrogen) atoms. The minimum absolute atomic E-state index is 0.410. The van der Waals surface area contributed by atoms with Crippen molar-refractivity contribution in [2.75, 3.05) is 6.61 Å². The Labute approximate surface area is 85.7 Å². The van der Waals surface area contributed by atoms with Gasteiger partial charge < -0.3 is 25.4 Å². The molecule has 4 N–H and O–H groups in total. The van der Waals surface area contributed by atoms with E-state index in [-0.39, 0.29) is 0 Å². The van der Waals surface area contributed by atoms with Crippen LogP contribution in [-0.2, 0) is 14.3 Å². The Morgan fingerprint density at radius 3 is 2.53 bits per heavy atom. The van der Waals surface area contributed by atoms with E-state index >= 15 is 0 Å². The number of carbonyl (C=O) groups is 2. The molecular weight excluding hydrogens is 206 g/mol. The molecule has 0 bridgehead atoms. The second-order valence-electron chi connectivity index (χ2n) is 3.36. The van der Waals surface area contributed by atoms with Gasteiger partial charge in [-0.25, -0.2) is 4.79 Å². The number of nitrogens with one attached hydrogen (secondary N) is 1. The topological polar surface area (TPSA) is 116 Å². The lowest BCUT2D eigenvalue weighted by molar-refractivity contribution is -0.150. The van der Waals surface area contributed by atoms with Crippen LogP contribution in [0.15, 0.2) is 0 Å². The van der Waals surface area contributed by atoms with Crippen LogP contribution in [0.2, 0.25) is 0 Å². The first-order chi connectivity index (χ1) is 6.93. The van der Waals surface area contributed by atoms with Crippen molar-refractivity contribution >= 4 is 11.9 Å². The van der Waals surface area contributed by atoms with Crippen molar-refractivity contribution in [3.05, 3.63) is 0 Å². The van der Waals surface area contributed by atoms with Gasteiger partial charge in [-0.15, -0.1) is 0 Å². The highest BCUT2D eigenvalue weighted by Gasteiger charge is 2.40. The fourth-order valence-electron chi connectivity index (χ4n) is 1.28. The lowest BCUT2D eigenvalue weighted by atomic mass is 10.0. The molecule has 1 fully saturated rings. The predicted octanol–water partition coefficient (Wildman–Crippen LogP) is -2.87. The monoisotopic (exact) mass is 219 g/mol. The summed E-state index contributed by atoms with van der Waals surface area (Å²) in [5, 5.41) is 30.2. The summed E-state index contributed by atoms with van der Waals surface area (Å²) in [5.41, 5.74) is 0. The van der Waals surface area contributed by atoms with Crippen LogP contribution in [0.5, 0.6) is 0 Å². The summed E-state index contributed by atoms with van der Waals surface area (Å²) in [4.78, 5) is 22.0. The Kier molecular flexibility index (Phi) is 3.61. The van der Waals surface area contributed by atoms with Gasteiger partial charge in [-0.05, 0) is 0 Å². The van der Waals surface area contributed by atoms with Gasteiger partial charge in [0.05, 0.1) is 0 Å². The summed E-state index contributed by atoms with van der Waals surface area (Å²) in [7, 11) is 0. The normalized spacial score (nSPS) is 36.7. The zero-order valence-electron chi connectivity index (χ0n) is 8.08. The van der Waals surface area contributed by atoms with E-state index in [1.807, 2.05) is 0 Å². The van der Waals surface area contributed by atoms with E-state index in [0.29, 0.717) is 0 Å². The molecule has 0 aliphatic carbocycles. The van der Waals surface area contributed by atoms with Gasteiger partial charge in [0.15, 0.2) is 6.04 Å². The Hall–Kier alpha value is -1.18. The third-order valence-electron chi connectivity index (χ3n) is 2.09. The highest BCUT2D eigenvalue weighted by Crippen LogP contribution is 2.12. The van der Waals surface area contributed by atoms with Gasteiger partial charge in [-0.2, -0.15) is 0 Å². The highest BCUT2D eigenvalue weighted by molar-refractivity contribution is 5.84. The molecule has 1 saturated heterocycles. The number of aliphatic hydroxyl groups is 3. The predicted molar refractivity (Wildman–Crippen MR) is 46.6 cm³/mol. The number of hydrogen-bond acceptors (Lipinski definition) is 6. The molecule has 7 nitrogen and oxygen atoms in total. The van der Waals surface area contributed by atoms with E-state index in [0.717, 1.165) is 6.92 Å². The molecule has 1 aliphatic heterocycles. The van der Waals surface area contributed by atoms with Crippen LogP contribution in [0.1, 0.15) is 6.92 Å². The summed E-state index contributed by atoms with van der Waals surface area (Å²) < 4.78 is 4.55. The van der Waals surface area contributed by atoms with Crippen LogP contribution >= 0.6 is 0 Å². The molecule has 1 aliphatic rings. The maximum Gasteiger partial charge on any atom is 0.331 e. The number of hydrogen-bond donors (Lipinski definition) is 4. The first kappa shape index (κ1) is 11.9. The largest absolute Gasteiger partial charge is 0.461 e. The van der Waals surface area contributed by atoms with Crippen LogP contribution in [0.25, 0.3) is 0 Å². The first-order valence-corrected chi connectivity index (χ1v) is 4.41. The van der Waals surface area contributed by atoms with E-state index in [1.165, 1.54) is 0 Å². The second kappa shape index (κ2) is 4.56. The molecule has 0 unspecified atom stereocenters. The molecule has 1 heterocycles. The number of carbonyl (C=O) groups excluding carboxylic acids is 2. The molecule has 0 spiro atoms. The van der Waals surface area contributed by atoms with Crippen LogP contribution in [0.4, 0.5) is 0 Å². The molecule has 0 aromatic rings. The summed E-state index contributed by atoms with van der Waals surface area (Å²) in [6.07, 6.45) is -4.48. The van der Waals surface area contributed by atoms with Crippen molar-refractivity contribution in [2.24, 2.45) is 0 Å². The Bertz CT molecular complexity index is 268. The first-order valence-electron chi connectivity index (χ1n) is 4.41. The average molecular weight is 219 g/mol. The minimum atomic E-state index is -1.58. The van der Waals surface area contributed by atoms with E-state index in [2.05, 4.69) is 10.1 Å². The molecule has 7 heteroatoms. The fraction of sp³-hybridized carbons (Fsp3) is 0.750. The second-order valence-corrected chi connectivity index (χ2v) is 3.36. The van der Waals surface area contributed by atoms with Gasteiger partial charge in [-0.3, -0.25) is 4.79 Å². The highest BCUT2D eigenvalue weighted by atomic mass is 16.5. The van der Waals surface area contributed by atoms with Gasteiger partial charge in [0, 0.05) is 6.92 Å². The van der Waals surface area contributed by atoms with Gasteiger partial charge in [0.1, 0.15) is 24.9 Å². The van der Waals surface area contributed by atoms with Crippen molar-refractivity contribution in [1.82, 2.24) is 5.32 Å². The van der Waals surface area contributed by atoms with Crippen molar-refractivity contribution in [3.8, 4) is 0 Å². The molecule has 4 atom stereocenters. The minimum Gasteiger partial charge on any atom is -0.461 e. The maximum absolute atomic E-state index is 11.2. The molecule has 0 saturated carbocycles. The van der Waals surface area contributed by atoms with E-state index in [1.54, 1.807) is 0 Å². The van der Waals surface area contributed by atoms with E-state index in [4.69, 9.17) is 0 Å². The van der Waals surface area contributed by atoms with Crippen LogP contribution in [-0.4, -0.2) is 58.2 Å². The Morgan fingerprint density at radius 2 is 2.00 bits per heavy atom. The number of aliphatic hydroxyl groups excluding tert-OH is 3. The molecular formula is C8H13NO6. The Morgan fingerprint density at radius 1 is 1.40 bits per heavy atom. The summed E-state index contributed by atoms with van der Waals surface area (Å²) >= 11 is 0. The summed E-state index contributed by atoms with van der Waals surface area (Å²) in [5.74, 6) is -1.42. The lowest BCUT2D eigenvalue weighted by Gasteiger charge is -2.22. The molecule has 86 valence electrons. The smallest absolute Gasteiger partial charge is 0.331 e. The van der Waals surface area contributed by atoms with Gasteiger partial charge in [0.2, 0.25) is 5.91 Å². The average Bonchev–Trinajstić information content (AvgIpc) is 2.25. The van der Waals surface area contributed by atoms with Crippen LogP contribution in [0.3, 0.4) is 0 Å². The third kappa shape index (κ3) is 2.65. The number of cyclic esters (lactones) is 1. The molecule has 1 amide bonds. The number of esters is 1.